The van der Waals surface area contributed by atoms with Gasteiger partial charge in [-0.1, -0.05) is 18.9 Å². The molecule has 0 atom stereocenters. The summed E-state index contributed by atoms with van der Waals surface area (Å²) in [4.78, 5) is 26.2. The number of aliphatic imine (C=N–C) groups is 1. The number of rotatable bonds is 6. The summed E-state index contributed by atoms with van der Waals surface area (Å²) in [5.74, 6) is 2.11. The summed E-state index contributed by atoms with van der Waals surface area (Å²) in [5, 5.41) is 6.98. The van der Waals surface area contributed by atoms with Gasteiger partial charge in [0.15, 0.2) is 5.96 Å². The molecule has 0 unspecified atom stereocenters. The maximum atomic E-state index is 12.8. The van der Waals surface area contributed by atoms with Crippen molar-refractivity contribution in [3.63, 3.8) is 0 Å². The van der Waals surface area contributed by atoms with E-state index < -0.39 is 0 Å². The molecule has 2 fully saturated rings. The monoisotopic (exact) mass is 400 g/mol. The van der Waals surface area contributed by atoms with Gasteiger partial charge in [0.1, 0.15) is 5.82 Å². The highest BCUT2D eigenvalue weighted by Crippen LogP contribution is 2.39. The minimum atomic E-state index is -0.325. The first-order valence-electron chi connectivity index (χ1n) is 11.0. The lowest BCUT2D eigenvalue weighted by atomic mass is 9.85. The number of guanidine groups is 1. The number of anilines is 1. The van der Waals surface area contributed by atoms with Crippen LogP contribution in [0.15, 0.2) is 29.4 Å². The van der Waals surface area contributed by atoms with Crippen LogP contribution in [0.5, 0.6) is 0 Å². The molecule has 1 aromatic heterocycles. The van der Waals surface area contributed by atoms with E-state index in [4.69, 9.17) is 4.99 Å². The number of piperidine rings is 1. The van der Waals surface area contributed by atoms with E-state index in [0.717, 1.165) is 69.9 Å². The van der Waals surface area contributed by atoms with Crippen molar-refractivity contribution in [3.05, 3.63) is 24.4 Å². The van der Waals surface area contributed by atoms with Crippen molar-refractivity contribution in [2.45, 2.75) is 51.5 Å². The van der Waals surface area contributed by atoms with Crippen LogP contribution in [-0.2, 0) is 4.79 Å². The van der Waals surface area contributed by atoms with Crippen molar-refractivity contribution in [2.24, 2.45) is 10.4 Å². The van der Waals surface area contributed by atoms with E-state index in [-0.39, 0.29) is 11.3 Å². The summed E-state index contributed by atoms with van der Waals surface area (Å²) in [6.45, 7) is 5.42. The van der Waals surface area contributed by atoms with Gasteiger partial charge in [0.2, 0.25) is 5.91 Å². The lowest BCUT2D eigenvalue weighted by Gasteiger charge is -2.34. The molecule has 2 N–H and O–H groups in total. The van der Waals surface area contributed by atoms with E-state index in [1.165, 1.54) is 0 Å². The minimum Gasteiger partial charge on any atom is -0.357 e. The van der Waals surface area contributed by atoms with Crippen molar-refractivity contribution < 1.29 is 4.79 Å². The first-order chi connectivity index (χ1) is 14.0. The van der Waals surface area contributed by atoms with Gasteiger partial charge >= 0.3 is 0 Å². The SMILES string of the molecule is CCNC(=NCC1(C(=O)N(C)C)CCCC1)NC1CCN(c2ccccn2)CC1. The molecule has 1 saturated heterocycles. The van der Waals surface area contributed by atoms with Gasteiger partial charge in [0, 0.05) is 46.0 Å². The van der Waals surface area contributed by atoms with Crippen LogP contribution in [-0.4, -0.2) is 68.1 Å². The molecular formula is C22H36N6O. The topological polar surface area (TPSA) is 72.9 Å². The Kier molecular flexibility index (Phi) is 7.34. The van der Waals surface area contributed by atoms with Crippen LogP contribution in [0.25, 0.3) is 0 Å². The highest BCUT2D eigenvalue weighted by molar-refractivity contribution is 5.84. The zero-order valence-corrected chi connectivity index (χ0v) is 18.2. The lowest BCUT2D eigenvalue weighted by molar-refractivity contribution is -0.138. The second kappa shape index (κ2) is 9.94. The predicted octanol–water partition coefficient (Wildman–Crippen LogP) is 2.25. The Hall–Kier alpha value is -2.31. The fourth-order valence-corrected chi connectivity index (χ4v) is 4.50. The number of pyridine rings is 1. The number of aromatic nitrogens is 1. The Morgan fingerprint density at radius 1 is 1.28 bits per heavy atom. The maximum absolute atomic E-state index is 12.8. The molecule has 3 rings (SSSR count). The van der Waals surface area contributed by atoms with Crippen molar-refractivity contribution in [1.82, 2.24) is 20.5 Å². The highest BCUT2D eigenvalue weighted by Gasteiger charge is 2.42. The second-order valence-electron chi connectivity index (χ2n) is 8.48. The molecule has 2 aliphatic rings. The van der Waals surface area contributed by atoms with Gasteiger partial charge in [0.05, 0.1) is 12.0 Å². The number of carbonyl (C=O) groups is 1. The summed E-state index contributed by atoms with van der Waals surface area (Å²) >= 11 is 0. The van der Waals surface area contributed by atoms with E-state index in [9.17, 15) is 4.79 Å². The van der Waals surface area contributed by atoms with E-state index in [2.05, 4.69) is 33.5 Å². The van der Waals surface area contributed by atoms with Crippen LogP contribution >= 0.6 is 0 Å². The van der Waals surface area contributed by atoms with Gasteiger partial charge in [-0.25, -0.2) is 4.98 Å². The van der Waals surface area contributed by atoms with Crippen LogP contribution in [0.1, 0.15) is 45.4 Å². The molecule has 0 aromatic carbocycles. The molecule has 7 heteroatoms. The van der Waals surface area contributed by atoms with Crippen molar-refractivity contribution >= 4 is 17.7 Å². The molecule has 1 aromatic rings. The molecule has 29 heavy (non-hydrogen) atoms. The van der Waals surface area contributed by atoms with Gasteiger partial charge in [-0.05, 0) is 44.7 Å². The molecule has 1 aliphatic carbocycles. The number of carbonyl (C=O) groups excluding carboxylic acids is 1. The number of hydrogen-bond donors (Lipinski definition) is 2. The average molecular weight is 401 g/mol. The van der Waals surface area contributed by atoms with Crippen molar-refractivity contribution in [1.29, 1.82) is 0 Å². The van der Waals surface area contributed by atoms with Crippen molar-refractivity contribution in [2.75, 3.05) is 45.2 Å². The molecule has 1 aliphatic heterocycles. The molecule has 160 valence electrons. The van der Waals surface area contributed by atoms with Gasteiger partial charge < -0.3 is 20.4 Å². The smallest absolute Gasteiger partial charge is 0.230 e. The average Bonchev–Trinajstić information content (AvgIpc) is 3.23. The molecule has 7 nitrogen and oxygen atoms in total. The van der Waals surface area contributed by atoms with E-state index >= 15 is 0 Å². The summed E-state index contributed by atoms with van der Waals surface area (Å²) < 4.78 is 0. The molecule has 0 bridgehead atoms. The Labute approximate surface area is 175 Å². The second-order valence-corrected chi connectivity index (χ2v) is 8.48. The number of hydrogen-bond acceptors (Lipinski definition) is 4. The summed E-state index contributed by atoms with van der Waals surface area (Å²) in [6.07, 6.45) is 8.05. The molecule has 0 spiro atoms. The highest BCUT2D eigenvalue weighted by atomic mass is 16.2. The van der Waals surface area contributed by atoms with Crippen LogP contribution in [0.4, 0.5) is 5.82 Å². The fourth-order valence-electron chi connectivity index (χ4n) is 4.50. The standard InChI is InChI=1S/C22H36N6O/c1-4-23-21(25-17-22(12-6-7-13-22)20(29)27(2)3)26-18-10-15-28(16-11-18)19-9-5-8-14-24-19/h5,8-9,14,18H,4,6-7,10-13,15-17H2,1-3H3,(H2,23,25,26). The first kappa shape index (κ1) is 21.4. The van der Waals surface area contributed by atoms with Gasteiger partial charge in [-0.2, -0.15) is 0 Å². The van der Waals surface area contributed by atoms with Gasteiger partial charge in [-0.3, -0.25) is 9.79 Å². The van der Waals surface area contributed by atoms with E-state index in [0.29, 0.717) is 12.6 Å². The summed E-state index contributed by atoms with van der Waals surface area (Å²) in [5.41, 5.74) is -0.325. The Balaban J connectivity index is 1.59. The molecule has 2 heterocycles. The third-order valence-corrected chi connectivity index (χ3v) is 6.11. The normalized spacial score (nSPS) is 19.8. The Bertz CT molecular complexity index is 676. The van der Waals surface area contributed by atoms with Crippen LogP contribution < -0.4 is 15.5 Å². The minimum absolute atomic E-state index is 0.221. The predicted molar refractivity (Wildman–Crippen MR) is 118 cm³/mol. The largest absolute Gasteiger partial charge is 0.357 e. The third-order valence-electron chi connectivity index (χ3n) is 6.11. The van der Waals surface area contributed by atoms with Crippen LogP contribution in [0.2, 0.25) is 0 Å². The zero-order chi connectivity index (χ0) is 20.7. The molecule has 1 amide bonds. The Morgan fingerprint density at radius 2 is 2.00 bits per heavy atom. The maximum Gasteiger partial charge on any atom is 0.230 e. The number of nitrogens with zero attached hydrogens (tertiary/aromatic N) is 4. The molecular weight excluding hydrogens is 364 g/mol. The van der Waals surface area contributed by atoms with Gasteiger partial charge in [0.25, 0.3) is 0 Å². The fraction of sp³-hybridized carbons (Fsp3) is 0.682. The summed E-state index contributed by atoms with van der Waals surface area (Å²) in [7, 11) is 3.70. The third kappa shape index (κ3) is 5.40. The molecule has 1 saturated carbocycles. The lowest BCUT2D eigenvalue weighted by Crippen LogP contribution is -2.49. The van der Waals surface area contributed by atoms with Crippen molar-refractivity contribution in [3.8, 4) is 0 Å². The quantitative estimate of drug-likeness (QED) is 0.566. The van der Waals surface area contributed by atoms with Crippen LogP contribution in [0, 0.1) is 5.41 Å². The van der Waals surface area contributed by atoms with Gasteiger partial charge in [-0.15, -0.1) is 0 Å². The zero-order valence-electron chi connectivity index (χ0n) is 18.2. The first-order valence-corrected chi connectivity index (χ1v) is 11.0. The Morgan fingerprint density at radius 3 is 2.59 bits per heavy atom. The van der Waals surface area contributed by atoms with E-state index in [1.54, 1.807) is 4.90 Å². The molecule has 0 radical (unpaired) electrons. The summed E-state index contributed by atoms with van der Waals surface area (Å²) in [6, 6.07) is 6.45. The number of amides is 1. The number of nitrogens with one attached hydrogen (secondary N) is 2. The van der Waals surface area contributed by atoms with Crippen LogP contribution in [0.3, 0.4) is 0 Å². The van der Waals surface area contributed by atoms with E-state index in [1.807, 2.05) is 32.4 Å².